The highest BCUT2D eigenvalue weighted by Crippen LogP contribution is 2.27. The predicted octanol–water partition coefficient (Wildman–Crippen LogP) is 5.09. The van der Waals surface area contributed by atoms with Gasteiger partial charge in [-0.1, -0.05) is 58.4 Å². The van der Waals surface area contributed by atoms with Crippen molar-refractivity contribution in [3.8, 4) is 11.3 Å². The molecule has 0 atom stereocenters. The number of aromatic nitrogens is 2. The van der Waals surface area contributed by atoms with Gasteiger partial charge < -0.3 is 5.73 Å². The molecular formula is C20H33N3. The minimum Gasteiger partial charge on any atom is -0.326 e. The van der Waals surface area contributed by atoms with Gasteiger partial charge >= 0.3 is 0 Å². The molecule has 0 unspecified atom stereocenters. The number of hydrogen-bond donors (Lipinski definition) is 1. The van der Waals surface area contributed by atoms with Gasteiger partial charge in [-0.05, 0) is 42.9 Å². The smallest absolute Gasteiger partial charge is 0.0964 e. The van der Waals surface area contributed by atoms with Gasteiger partial charge in [0.2, 0.25) is 0 Å². The number of hydrogen-bond acceptors (Lipinski definition) is 3. The van der Waals surface area contributed by atoms with E-state index in [1.165, 1.54) is 24.0 Å². The molecule has 0 fully saturated rings. The minimum atomic E-state index is 0. The van der Waals surface area contributed by atoms with E-state index < -0.39 is 0 Å². The fraction of sp³-hybridized carbons (Fsp3) is 0.500. The molecule has 1 heterocycles. The molecule has 0 saturated heterocycles. The van der Waals surface area contributed by atoms with E-state index in [1.807, 2.05) is 13.8 Å². The largest absolute Gasteiger partial charge is 0.326 e. The summed E-state index contributed by atoms with van der Waals surface area (Å²) in [5.41, 5.74) is 12.8. The molecule has 3 nitrogen and oxygen atoms in total. The Bertz CT molecular complexity index is 595. The molecule has 2 N–H and O–H groups in total. The summed E-state index contributed by atoms with van der Waals surface area (Å²) in [6.45, 7) is 11.1. The average molecular weight is 316 g/mol. The van der Waals surface area contributed by atoms with Crippen LogP contribution in [0.15, 0.2) is 24.3 Å². The lowest BCUT2D eigenvalue weighted by Crippen LogP contribution is -2.05. The molecule has 3 heteroatoms. The maximum Gasteiger partial charge on any atom is 0.0964 e. The number of nitrogens with zero attached hydrogens (tertiary/aromatic N) is 2. The highest BCUT2D eigenvalue weighted by atomic mass is 15.1. The van der Waals surface area contributed by atoms with Crippen LogP contribution >= 0.6 is 0 Å². The van der Waals surface area contributed by atoms with Crippen molar-refractivity contribution in [2.45, 2.75) is 66.8 Å². The molecule has 2 aromatic rings. The van der Waals surface area contributed by atoms with Crippen molar-refractivity contribution < 1.29 is 1.43 Å². The first-order chi connectivity index (χ1) is 11.2. The molecule has 0 spiro atoms. The topological polar surface area (TPSA) is 51.8 Å². The second kappa shape index (κ2) is 10.1. The molecule has 0 amide bonds. The zero-order valence-electron chi connectivity index (χ0n) is 15.3. The van der Waals surface area contributed by atoms with Crippen molar-refractivity contribution in [3.05, 3.63) is 46.6 Å². The zero-order valence-corrected chi connectivity index (χ0v) is 15.3. The van der Waals surface area contributed by atoms with E-state index in [1.54, 1.807) is 0 Å². The van der Waals surface area contributed by atoms with Gasteiger partial charge in [0.05, 0.1) is 11.4 Å². The van der Waals surface area contributed by atoms with Crippen LogP contribution in [-0.2, 0) is 19.4 Å². The van der Waals surface area contributed by atoms with E-state index in [2.05, 4.69) is 55.2 Å². The van der Waals surface area contributed by atoms with E-state index >= 15 is 0 Å². The third-order valence-electron chi connectivity index (χ3n) is 3.98. The Balaban J connectivity index is 0.00000170. The quantitative estimate of drug-likeness (QED) is 0.808. The van der Waals surface area contributed by atoms with Crippen molar-refractivity contribution in [2.75, 3.05) is 0 Å². The number of nitrogens with two attached hydrogens (primary N) is 1. The Labute approximate surface area is 142 Å². The van der Waals surface area contributed by atoms with Gasteiger partial charge in [0.1, 0.15) is 0 Å². The van der Waals surface area contributed by atoms with Gasteiger partial charge in [0.25, 0.3) is 0 Å². The normalized spacial score (nSPS) is 10.2. The Morgan fingerprint density at radius 2 is 1.65 bits per heavy atom. The third kappa shape index (κ3) is 4.87. The number of unbranched alkanes of at least 4 members (excludes halogenated alkanes) is 1. The van der Waals surface area contributed by atoms with E-state index in [9.17, 15) is 0 Å². The molecule has 0 aliphatic carbocycles. The summed E-state index contributed by atoms with van der Waals surface area (Å²) in [5.74, 6) is 0. The summed E-state index contributed by atoms with van der Waals surface area (Å²) in [6.07, 6.45) is 4.46. The average Bonchev–Trinajstić information content (AvgIpc) is 2.62. The first kappa shape index (κ1) is 19.3. The first-order valence-electron chi connectivity index (χ1n) is 8.85. The molecule has 128 valence electrons. The summed E-state index contributed by atoms with van der Waals surface area (Å²) >= 11 is 0. The van der Waals surface area contributed by atoms with Gasteiger partial charge in [0.15, 0.2) is 0 Å². The second-order valence-electron chi connectivity index (χ2n) is 5.45. The lowest BCUT2D eigenvalue weighted by molar-refractivity contribution is 0.773. The molecule has 2 rings (SSSR count). The van der Waals surface area contributed by atoms with Crippen LogP contribution in [0.2, 0.25) is 0 Å². The molecule has 0 bridgehead atoms. The van der Waals surface area contributed by atoms with Gasteiger partial charge in [-0.2, -0.15) is 5.10 Å². The molecule has 0 radical (unpaired) electrons. The lowest BCUT2D eigenvalue weighted by Gasteiger charge is -2.14. The SMILES string of the molecule is CC.CCCCc1c(-c2ccc(CN)cc2)nnc(C)c1CC.[HH]. The Morgan fingerprint density at radius 1 is 1.00 bits per heavy atom. The highest BCUT2D eigenvalue weighted by Gasteiger charge is 2.14. The summed E-state index contributed by atoms with van der Waals surface area (Å²) in [6, 6.07) is 8.37. The summed E-state index contributed by atoms with van der Waals surface area (Å²) in [4.78, 5) is 0. The number of rotatable bonds is 6. The molecule has 0 saturated carbocycles. The van der Waals surface area contributed by atoms with Crippen LogP contribution < -0.4 is 5.73 Å². The first-order valence-corrected chi connectivity index (χ1v) is 8.85. The van der Waals surface area contributed by atoms with Crippen LogP contribution in [0, 0.1) is 6.92 Å². The van der Waals surface area contributed by atoms with Crippen molar-refractivity contribution in [2.24, 2.45) is 5.73 Å². The Morgan fingerprint density at radius 3 is 2.17 bits per heavy atom. The zero-order chi connectivity index (χ0) is 17.2. The van der Waals surface area contributed by atoms with E-state index in [-0.39, 0.29) is 1.43 Å². The van der Waals surface area contributed by atoms with Crippen LogP contribution in [0.5, 0.6) is 0 Å². The Kier molecular flexibility index (Phi) is 8.49. The van der Waals surface area contributed by atoms with Crippen molar-refractivity contribution in [3.63, 3.8) is 0 Å². The van der Waals surface area contributed by atoms with E-state index in [0.717, 1.165) is 35.4 Å². The van der Waals surface area contributed by atoms with E-state index in [0.29, 0.717) is 6.54 Å². The van der Waals surface area contributed by atoms with Crippen LogP contribution in [0.3, 0.4) is 0 Å². The monoisotopic (exact) mass is 315 g/mol. The molecular weight excluding hydrogens is 282 g/mol. The summed E-state index contributed by atoms with van der Waals surface area (Å²) < 4.78 is 0. The third-order valence-corrected chi connectivity index (χ3v) is 3.98. The standard InChI is InChI=1S/C18H25N3.C2H6.H2/c1-4-6-7-17-16(5-2)13(3)20-21-18(17)15-10-8-14(12-19)9-11-15;1-2;/h8-11H,4-7,12,19H2,1-3H3;1-2H3;1H. The van der Waals surface area contributed by atoms with Crippen LogP contribution in [-0.4, -0.2) is 10.2 Å². The predicted molar refractivity (Wildman–Crippen MR) is 102 cm³/mol. The van der Waals surface area contributed by atoms with Crippen LogP contribution in [0.25, 0.3) is 11.3 Å². The van der Waals surface area contributed by atoms with E-state index in [4.69, 9.17) is 5.73 Å². The lowest BCUT2D eigenvalue weighted by atomic mass is 9.94. The van der Waals surface area contributed by atoms with Crippen LogP contribution in [0.1, 0.15) is 64.3 Å². The van der Waals surface area contributed by atoms with Gasteiger partial charge in [-0.15, -0.1) is 5.10 Å². The van der Waals surface area contributed by atoms with Gasteiger partial charge in [-0.25, -0.2) is 0 Å². The maximum atomic E-state index is 5.67. The Hall–Kier alpha value is -1.74. The maximum absolute atomic E-state index is 5.67. The number of aryl methyl sites for hydroxylation is 1. The minimum absolute atomic E-state index is 0. The summed E-state index contributed by atoms with van der Waals surface area (Å²) in [7, 11) is 0. The molecule has 1 aromatic heterocycles. The fourth-order valence-corrected chi connectivity index (χ4v) is 2.73. The van der Waals surface area contributed by atoms with Gasteiger partial charge in [0, 0.05) is 13.5 Å². The van der Waals surface area contributed by atoms with Crippen molar-refractivity contribution in [1.82, 2.24) is 10.2 Å². The fourth-order valence-electron chi connectivity index (χ4n) is 2.73. The van der Waals surface area contributed by atoms with Crippen molar-refractivity contribution in [1.29, 1.82) is 0 Å². The highest BCUT2D eigenvalue weighted by molar-refractivity contribution is 5.64. The molecule has 23 heavy (non-hydrogen) atoms. The number of benzene rings is 1. The summed E-state index contributed by atoms with van der Waals surface area (Å²) in [5, 5.41) is 8.85. The molecule has 1 aromatic carbocycles. The van der Waals surface area contributed by atoms with Gasteiger partial charge in [-0.3, -0.25) is 0 Å². The molecule has 0 aliphatic heterocycles. The second-order valence-corrected chi connectivity index (χ2v) is 5.45. The van der Waals surface area contributed by atoms with Crippen molar-refractivity contribution >= 4 is 0 Å². The molecule has 0 aliphatic rings. The van der Waals surface area contributed by atoms with Crippen LogP contribution in [0.4, 0.5) is 0 Å².